The van der Waals surface area contributed by atoms with Gasteiger partial charge in [-0.15, -0.1) is 22.9 Å². The topological polar surface area (TPSA) is 13.1 Å². The molecule has 0 saturated carbocycles. The number of hydrogen-bond acceptors (Lipinski definition) is 2. The van der Waals surface area contributed by atoms with Crippen LogP contribution in [0.4, 0.5) is 0 Å². The van der Waals surface area contributed by atoms with Crippen LogP contribution in [-0.4, -0.2) is 0 Å². The van der Waals surface area contributed by atoms with Crippen molar-refractivity contribution in [1.29, 1.82) is 0 Å². The number of rotatable bonds is 2. The first-order valence-electron chi connectivity index (χ1n) is 5.27. The fraction of sp³-hybridized carbons (Fsp3) is 0.385. The van der Waals surface area contributed by atoms with E-state index in [2.05, 4.69) is 19.9 Å². The van der Waals surface area contributed by atoms with Crippen molar-refractivity contribution in [2.45, 2.75) is 33.1 Å². The van der Waals surface area contributed by atoms with Crippen molar-refractivity contribution in [2.24, 2.45) is 0 Å². The zero-order valence-corrected chi connectivity index (χ0v) is 11.5. The van der Waals surface area contributed by atoms with Crippen LogP contribution >= 0.6 is 22.9 Å². The van der Waals surface area contributed by atoms with Crippen molar-refractivity contribution in [3.63, 3.8) is 0 Å². The first-order chi connectivity index (χ1) is 7.49. The van der Waals surface area contributed by atoms with Crippen LogP contribution in [0.2, 0.25) is 0 Å². The van der Waals surface area contributed by atoms with Gasteiger partial charge in [0, 0.05) is 15.3 Å². The van der Waals surface area contributed by atoms with Gasteiger partial charge in [-0.3, -0.25) is 0 Å². The second-order valence-corrected chi connectivity index (χ2v) is 6.00. The monoisotopic (exact) mass is 254 g/mol. The molecule has 1 atom stereocenters. The normalized spacial score (nSPS) is 13.1. The quantitative estimate of drug-likeness (QED) is 0.695. The van der Waals surface area contributed by atoms with Crippen molar-refractivity contribution in [1.82, 2.24) is 0 Å². The molecule has 86 valence electrons. The average molecular weight is 255 g/mol. The summed E-state index contributed by atoms with van der Waals surface area (Å²) in [5, 5.41) is -0.0950. The fourth-order valence-corrected chi connectivity index (χ4v) is 3.44. The van der Waals surface area contributed by atoms with Crippen LogP contribution in [0, 0.1) is 27.7 Å². The molecule has 0 spiro atoms. The molecule has 2 aromatic heterocycles. The highest BCUT2D eigenvalue weighted by Crippen LogP contribution is 2.37. The van der Waals surface area contributed by atoms with Crippen LogP contribution in [-0.2, 0) is 0 Å². The standard InChI is InChI=1S/C13H15ClOS/c1-7-5-11(9(3)15-7)13(14)12-6-8(2)16-10(12)4/h5-6,13H,1-4H3. The van der Waals surface area contributed by atoms with E-state index in [1.807, 2.05) is 19.9 Å². The predicted molar refractivity (Wildman–Crippen MR) is 69.7 cm³/mol. The van der Waals surface area contributed by atoms with Crippen molar-refractivity contribution < 1.29 is 4.42 Å². The van der Waals surface area contributed by atoms with E-state index >= 15 is 0 Å². The smallest absolute Gasteiger partial charge is 0.106 e. The van der Waals surface area contributed by atoms with Crippen LogP contribution in [0.25, 0.3) is 0 Å². The summed E-state index contributed by atoms with van der Waals surface area (Å²) in [4.78, 5) is 2.59. The summed E-state index contributed by atoms with van der Waals surface area (Å²) in [5.74, 6) is 1.84. The molecule has 3 heteroatoms. The maximum Gasteiger partial charge on any atom is 0.106 e. The van der Waals surface area contributed by atoms with Crippen molar-refractivity contribution in [3.05, 3.63) is 44.5 Å². The molecule has 0 radical (unpaired) electrons. The van der Waals surface area contributed by atoms with Crippen molar-refractivity contribution >= 4 is 22.9 Å². The van der Waals surface area contributed by atoms with Gasteiger partial charge in [0.25, 0.3) is 0 Å². The summed E-state index contributed by atoms with van der Waals surface area (Å²) in [5.41, 5.74) is 2.29. The van der Waals surface area contributed by atoms with Crippen LogP contribution in [0.1, 0.15) is 37.8 Å². The third-order valence-electron chi connectivity index (χ3n) is 2.70. The van der Waals surface area contributed by atoms with E-state index in [-0.39, 0.29) is 5.38 Å². The van der Waals surface area contributed by atoms with Crippen molar-refractivity contribution in [2.75, 3.05) is 0 Å². The van der Waals surface area contributed by atoms with E-state index in [1.165, 1.54) is 15.3 Å². The lowest BCUT2D eigenvalue weighted by Gasteiger charge is -2.07. The van der Waals surface area contributed by atoms with Gasteiger partial charge in [0.15, 0.2) is 0 Å². The first kappa shape index (κ1) is 11.7. The summed E-state index contributed by atoms with van der Waals surface area (Å²) in [7, 11) is 0. The maximum absolute atomic E-state index is 6.52. The predicted octanol–water partition coefficient (Wildman–Crippen LogP) is 4.90. The lowest BCUT2D eigenvalue weighted by atomic mass is 10.1. The summed E-state index contributed by atoms with van der Waals surface area (Å²) >= 11 is 8.31. The Morgan fingerprint density at radius 3 is 2.25 bits per heavy atom. The molecule has 0 aliphatic heterocycles. The van der Waals surface area contributed by atoms with Gasteiger partial charge >= 0.3 is 0 Å². The Morgan fingerprint density at radius 2 is 1.81 bits per heavy atom. The molecule has 2 rings (SSSR count). The minimum absolute atomic E-state index is 0.0950. The number of furan rings is 1. The molecule has 0 aromatic carbocycles. The number of aryl methyl sites for hydroxylation is 4. The van der Waals surface area contributed by atoms with E-state index in [1.54, 1.807) is 11.3 Å². The zero-order valence-electron chi connectivity index (χ0n) is 9.93. The Morgan fingerprint density at radius 1 is 1.12 bits per heavy atom. The number of hydrogen-bond donors (Lipinski definition) is 0. The number of halogens is 1. The van der Waals surface area contributed by atoms with Crippen LogP contribution in [0.5, 0.6) is 0 Å². The van der Waals surface area contributed by atoms with Gasteiger partial charge in [-0.05, 0) is 45.4 Å². The van der Waals surface area contributed by atoms with E-state index in [0.29, 0.717) is 0 Å². The second-order valence-electron chi connectivity index (χ2n) is 4.10. The molecular weight excluding hydrogens is 240 g/mol. The first-order valence-corrected chi connectivity index (χ1v) is 6.52. The van der Waals surface area contributed by atoms with Crippen molar-refractivity contribution in [3.8, 4) is 0 Å². The lowest BCUT2D eigenvalue weighted by Crippen LogP contribution is -1.93. The summed E-state index contributed by atoms with van der Waals surface area (Å²) < 4.78 is 5.52. The van der Waals surface area contributed by atoms with Gasteiger partial charge in [-0.2, -0.15) is 0 Å². The summed E-state index contributed by atoms with van der Waals surface area (Å²) in [6.45, 7) is 8.14. The third kappa shape index (κ3) is 2.04. The Kier molecular flexibility index (Phi) is 3.13. The van der Waals surface area contributed by atoms with E-state index in [9.17, 15) is 0 Å². The van der Waals surface area contributed by atoms with E-state index < -0.39 is 0 Å². The minimum Gasteiger partial charge on any atom is -0.466 e. The van der Waals surface area contributed by atoms with E-state index in [4.69, 9.17) is 16.0 Å². The summed E-state index contributed by atoms with van der Waals surface area (Å²) in [6, 6.07) is 4.19. The Labute approximate surface area is 105 Å². The lowest BCUT2D eigenvalue weighted by molar-refractivity contribution is 0.501. The molecule has 1 unspecified atom stereocenters. The highest BCUT2D eigenvalue weighted by atomic mass is 35.5. The third-order valence-corrected chi connectivity index (χ3v) is 4.16. The maximum atomic E-state index is 6.52. The number of alkyl halides is 1. The molecule has 0 amide bonds. The molecular formula is C13H15ClOS. The largest absolute Gasteiger partial charge is 0.466 e. The molecule has 16 heavy (non-hydrogen) atoms. The SMILES string of the molecule is Cc1cc(C(Cl)c2cc(C)sc2C)c(C)o1. The molecule has 0 saturated heterocycles. The number of thiophene rings is 1. The molecule has 0 bridgehead atoms. The molecule has 0 aliphatic rings. The fourth-order valence-electron chi connectivity index (χ4n) is 1.97. The molecule has 0 aliphatic carbocycles. The van der Waals surface area contributed by atoms with Gasteiger partial charge < -0.3 is 4.42 Å². The van der Waals surface area contributed by atoms with Gasteiger partial charge in [-0.1, -0.05) is 0 Å². The molecule has 2 heterocycles. The van der Waals surface area contributed by atoms with Gasteiger partial charge in [0.05, 0.1) is 5.38 Å². The van der Waals surface area contributed by atoms with Crippen LogP contribution in [0.3, 0.4) is 0 Å². The molecule has 2 aromatic rings. The Hall–Kier alpha value is -0.730. The van der Waals surface area contributed by atoms with Gasteiger partial charge in [0.2, 0.25) is 0 Å². The van der Waals surface area contributed by atoms with Crippen LogP contribution in [0.15, 0.2) is 16.5 Å². The summed E-state index contributed by atoms with van der Waals surface area (Å²) in [6.07, 6.45) is 0. The highest BCUT2D eigenvalue weighted by Gasteiger charge is 2.19. The highest BCUT2D eigenvalue weighted by molar-refractivity contribution is 7.12. The Balaban J connectivity index is 2.42. The van der Waals surface area contributed by atoms with Crippen LogP contribution < -0.4 is 0 Å². The van der Waals surface area contributed by atoms with Gasteiger partial charge in [-0.25, -0.2) is 0 Å². The second kappa shape index (κ2) is 4.27. The average Bonchev–Trinajstić information content (AvgIpc) is 2.68. The zero-order chi connectivity index (χ0) is 11.9. The molecule has 1 nitrogen and oxygen atoms in total. The molecule has 0 fully saturated rings. The van der Waals surface area contributed by atoms with E-state index in [0.717, 1.165) is 17.1 Å². The minimum atomic E-state index is -0.0950. The molecule has 0 N–H and O–H groups in total. The Bertz CT molecular complexity index is 464. The van der Waals surface area contributed by atoms with Gasteiger partial charge in [0.1, 0.15) is 11.5 Å².